The second kappa shape index (κ2) is 8.58. The molecule has 0 saturated carbocycles. The molecule has 7 nitrogen and oxygen atoms in total. The summed E-state index contributed by atoms with van der Waals surface area (Å²) in [5.41, 5.74) is 6.76. The molecule has 2 rings (SSSR count). The Morgan fingerprint density at radius 2 is 2.22 bits per heavy atom. The van der Waals surface area contributed by atoms with Crippen molar-refractivity contribution in [1.82, 2.24) is 14.6 Å². The van der Waals surface area contributed by atoms with Crippen molar-refractivity contribution >= 4 is 28.3 Å². The summed E-state index contributed by atoms with van der Waals surface area (Å²) in [6, 6.07) is 3.24. The van der Waals surface area contributed by atoms with Gasteiger partial charge in [-0.25, -0.2) is 13.1 Å². The molecule has 0 radical (unpaired) electrons. The summed E-state index contributed by atoms with van der Waals surface area (Å²) >= 11 is 0. The van der Waals surface area contributed by atoms with Crippen molar-refractivity contribution in [3.05, 3.63) is 29.6 Å². The summed E-state index contributed by atoms with van der Waals surface area (Å²) in [7, 11) is -3.26. The smallest absolute Gasteiger partial charge is 0.254 e. The molecule has 0 bridgehead atoms. The molecule has 1 aliphatic rings. The molecule has 1 saturated heterocycles. The number of pyridine rings is 1. The maximum atomic E-state index is 12.7. The number of nitrogens with one attached hydrogen (secondary N) is 1. The van der Waals surface area contributed by atoms with E-state index in [1.807, 2.05) is 0 Å². The average Bonchev–Trinajstić information content (AvgIpc) is 2.52. The Labute approximate surface area is 143 Å². The van der Waals surface area contributed by atoms with Crippen LogP contribution in [0.4, 0.5) is 0 Å². The number of amides is 1. The predicted molar refractivity (Wildman–Crippen MR) is 90.9 cm³/mol. The second-order valence-corrected chi connectivity index (χ2v) is 7.34. The van der Waals surface area contributed by atoms with Gasteiger partial charge in [0.25, 0.3) is 5.91 Å². The molecule has 23 heavy (non-hydrogen) atoms. The Kier molecular flexibility index (Phi) is 7.40. The Morgan fingerprint density at radius 3 is 2.87 bits per heavy atom. The molecule has 0 aromatic carbocycles. The van der Waals surface area contributed by atoms with E-state index in [2.05, 4.69) is 9.71 Å². The lowest BCUT2D eigenvalue weighted by atomic mass is 10.0. The summed E-state index contributed by atoms with van der Waals surface area (Å²) in [5.74, 6) is -0.0999. The van der Waals surface area contributed by atoms with E-state index in [1.165, 1.54) is 0 Å². The maximum absolute atomic E-state index is 12.7. The van der Waals surface area contributed by atoms with E-state index in [1.54, 1.807) is 23.2 Å². The third kappa shape index (κ3) is 5.72. The van der Waals surface area contributed by atoms with Crippen LogP contribution in [0, 0.1) is 0 Å². The van der Waals surface area contributed by atoms with Gasteiger partial charge in [-0.2, -0.15) is 0 Å². The molecule has 1 unspecified atom stereocenters. The first kappa shape index (κ1) is 19.8. The van der Waals surface area contributed by atoms with Crippen molar-refractivity contribution in [2.24, 2.45) is 5.73 Å². The molecular weight excluding hydrogens is 340 g/mol. The van der Waals surface area contributed by atoms with E-state index in [0.29, 0.717) is 17.8 Å². The number of carbonyl (C=O) groups excluding carboxylic acids is 1. The minimum atomic E-state index is -3.26. The van der Waals surface area contributed by atoms with E-state index < -0.39 is 10.0 Å². The number of hydrogen-bond acceptors (Lipinski definition) is 5. The number of aromatic nitrogens is 1. The summed E-state index contributed by atoms with van der Waals surface area (Å²) in [6.07, 6.45) is 5.41. The standard InChI is InChI=1S/C14H22N4O3S.ClH/c1-22(20,21)17-10-13-4-2-3-7-18(13)14(19)11-5-6-16-12(8-11)9-15;/h5-6,8,13,17H,2-4,7,9-10,15H2,1H3;1H. The third-order valence-corrected chi connectivity index (χ3v) is 4.43. The molecule has 1 aliphatic heterocycles. The monoisotopic (exact) mass is 362 g/mol. The van der Waals surface area contributed by atoms with E-state index >= 15 is 0 Å². The average molecular weight is 363 g/mol. The highest BCUT2D eigenvalue weighted by Crippen LogP contribution is 2.19. The number of nitrogens with zero attached hydrogens (tertiary/aromatic N) is 2. The molecule has 9 heteroatoms. The Morgan fingerprint density at radius 1 is 1.48 bits per heavy atom. The van der Waals surface area contributed by atoms with Crippen LogP contribution in [-0.4, -0.2) is 49.6 Å². The molecular formula is C14H23ClN4O3S. The van der Waals surface area contributed by atoms with Gasteiger partial charge in [0.1, 0.15) is 0 Å². The normalized spacial score (nSPS) is 18.3. The third-order valence-electron chi connectivity index (χ3n) is 3.74. The van der Waals surface area contributed by atoms with Gasteiger partial charge in [-0.15, -0.1) is 12.4 Å². The number of carbonyl (C=O) groups is 1. The SMILES string of the molecule is CS(=O)(=O)NCC1CCCCN1C(=O)c1ccnc(CN)c1.Cl. The van der Waals surface area contributed by atoms with E-state index in [0.717, 1.165) is 25.5 Å². The van der Waals surface area contributed by atoms with Crippen LogP contribution in [0.15, 0.2) is 18.3 Å². The minimum Gasteiger partial charge on any atom is -0.334 e. The molecule has 1 fully saturated rings. The first-order valence-electron chi connectivity index (χ1n) is 7.31. The van der Waals surface area contributed by atoms with Gasteiger partial charge in [0.2, 0.25) is 10.0 Å². The van der Waals surface area contributed by atoms with Crippen LogP contribution in [0.1, 0.15) is 35.3 Å². The van der Waals surface area contributed by atoms with Gasteiger partial charge in [0.15, 0.2) is 0 Å². The van der Waals surface area contributed by atoms with Crippen LogP contribution in [-0.2, 0) is 16.6 Å². The minimum absolute atomic E-state index is 0. The van der Waals surface area contributed by atoms with Crippen LogP contribution >= 0.6 is 12.4 Å². The summed E-state index contributed by atoms with van der Waals surface area (Å²) in [4.78, 5) is 18.5. The quantitative estimate of drug-likeness (QED) is 0.793. The van der Waals surface area contributed by atoms with Crippen molar-refractivity contribution in [3.63, 3.8) is 0 Å². The molecule has 1 atom stereocenters. The zero-order valence-electron chi connectivity index (χ0n) is 13.1. The van der Waals surface area contributed by atoms with Gasteiger partial charge in [-0.3, -0.25) is 9.78 Å². The number of nitrogens with two attached hydrogens (primary N) is 1. The highest BCUT2D eigenvalue weighted by atomic mass is 35.5. The largest absolute Gasteiger partial charge is 0.334 e. The zero-order valence-corrected chi connectivity index (χ0v) is 14.7. The van der Waals surface area contributed by atoms with Gasteiger partial charge >= 0.3 is 0 Å². The van der Waals surface area contributed by atoms with Crippen LogP contribution in [0.2, 0.25) is 0 Å². The highest BCUT2D eigenvalue weighted by molar-refractivity contribution is 7.88. The van der Waals surface area contributed by atoms with Gasteiger partial charge in [-0.1, -0.05) is 0 Å². The molecule has 3 N–H and O–H groups in total. The van der Waals surface area contributed by atoms with Crippen LogP contribution < -0.4 is 10.5 Å². The summed E-state index contributed by atoms with van der Waals surface area (Å²) in [6.45, 7) is 1.16. The number of sulfonamides is 1. The fraction of sp³-hybridized carbons (Fsp3) is 0.571. The van der Waals surface area contributed by atoms with Crippen molar-refractivity contribution in [3.8, 4) is 0 Å². The van der Waals surface area contributed by atoms with Crippen LogP contribution in [0.25, 0.3) is 0 Å². The van der Waals surface area contributed by atoms with Crippen molar-refractivity contribution < 1.29 is 13.2 Å². The summed E-state index contributed by atoms with van der Waals surface area (Å²) < 4.78 is 25.0. The van der Waals surface area contributed by atoms with Crippen molar-refractivity contribution in [2.75, 3.05) is 19.3 Å². The topological polar surface area (TPSA) is 105 Å². The Bertz CT molecular complexity index is 639. The molecule has 1 aromatic rings. The maximum Gasteiger partial charge on any atom is 0.254 e. The van der Waals surface area contributed by atoms with Gasteiger partial charge in [-0.05, 0) is 31.4 Å². The van der Waals surface area contributed by atoms with Crippen LogP contribution in [0.5, 0.6) is 0 Å². The molecule has 1 amide bonds. The molecule has 2 heterocycles. The number of piperidine rings is 1. The van der Waals surface area contributed by atoms with Crippen molar-refractivity contribution in [1.29, 1.82) is 0 Å². The summed E-state index contributed by atoms with van der Waals surface area (Å²) in [5, 5.41) is 0. The number of halogens is 1. The lowest BCUT2D eigenvalue weighted by molar-refractivity contribution is 0.0618. The first-order chi connectivity index (χ1) is 10.4. The van der Waals surface area contributed by atoms with Gasteiger partial charge in [0.05, 0.1) is 11.9 Å². The molecule has 1 aromatic heterocycles. The number of rotatable bonds is 5. The lowest BCUT2D eigenvalue weighted by Gasteiger charge is -2.35. The number of likely N-dealkylation sites (tertiary alicyclic amines) is 1. The Balaban J connectivity index is 0.00000264. The lowest BCUT2D eigenvalue weighted by Crippen LogP contribution is -2.49. The highest BCUT2D eigenvalue weighted by Gasteiger charge is 2.28. The van der Waals surface area contributed by atoms with Gasteiger partial charge in [0, 0.05) is 37.4 Å². The second-order valence-electron chi connectivity index (χ2n) is 5.51. The zero-order chi connectivity index (χ0) is 16.2. The number of hydrogen-bond donors (Lipinski definition) is 2. The van der Waals surface area contributed by atoms with Gasteiger partial charge < -0.3 is 10.6 Å². The first-order valence-corrected chi connectivity index (χ1v) is 9.20. The molecule has 0 aliphatic carbocycles. The Hall–Kier alpha value is -1.22. The fourth-order valence-electron chi connectivity index (χ4n) is 2.62. The van der Waals surface area contributed by atoms with E-state index in [9.17, 15) is 13.2 Å². The predicted octanol–water partition coefficient (Wildman–Crippen LogP) is 0.506. The van der Waals surface area contributed by atoms with Crippen LogP contribution in [0.3, 0.4) is 0 Å². The van der Waals surface area contributed by atoms with E-state index in [4.69, 9.17) is 5.73 Å². The fourth-order valence-corrected chi connectivity index (χ4v) is 3.11. The molecule has 130 valence electrons. The molecule has 0 spiro atoms. The van der Waals surface area contributed by atoms with E-state index in [-0.39, 0.29) is 37.4 Å². The van der Waals surface area contributed by atoms with Crippen molar-refractivity contribution in [2.45, 2.75) is 31.8 Å².